The summed E-state index contributed by atoms with van der Waals surface area (Å²) >= 11 is 12.9. The highest BCUT2D eigenvalue weighted by Gasteiger charge is 2.13. The standard InChI is InChI=1S/C11H15Cl2NOS/c1-7(2)4-3-5-14-11(15)8-6-9(12)16-10(8)13/h6-7H,3-5H2,1-2H3,(H,14,15). The zero-order chi connectivity index (χ0) is 12.1. The van der Waals surface area contributed by atoms with E-state index < -0.39 is 0 Å². The van der Waals surface area contributed by atoms with Gasteiger partial charge >= 0.3 is 0 Å². The third kappa shape index (κ3) is 4.32. The summed E-state index contributed by atoms with van der Waals surface area (Å²) in [5.41, 5.74) is 0.473. The van der Waals surface area contributed by atoms with Gasteiger partial charge in [-0.05, 0) is 24.8 Å². The second kappa shape index (κ2) is 6.48. The molecule has 0 fully saturated rings. The summed E-state index contributed by atoms with van der Waals surface area (Å²) in [4.78, 5) is 11.7. The van der Waals surface area contributed by atoms with Crippen molar-refractivity contribution in [2.75, 3.05) is 6.54 Å². The lowest BCUT2D eigenvalue weighted by atomic mass is 10.1. The molecule has 1 amide bonds. The number of carbonyl (C=O) groups is 1. The number of nitrogens with one attached hydrogen (secondary N) is 1. The Morgan fingerprint density at radius 3 is 2.69 bits per heavy atom. The van der Waals surface area contributed by atoms with Gasteiger partial charge in [0.1, 0.15) is 4.34 Å². The smallest absolute Gasteiger partial charge is 0.253 e. The van der Waals surface area contributed by atoms with Crippen molar-refractivity contribution < 1.29 is 4.79 Å². The largest absolute Gasteiger partial charge is 0.352 e. The zero-order valence-electron chi connectivity index (χ0n) is 9.35. The van der Waals surface area contributed by atoms with Crippen LogP contribution in [0.2, 0.25) is 8.67 Å². The maximum atomic E-state index is 11.7. The molecule has 0 spiro atoms. The van der Waals surface area contributed by atoms with Crippen LogP contribution in [0.3, 0.4) is 0 Å². The van der Waals surface area contributed by atoms with E-state index in [-0.39, 0.29) is 5.91 Å². The second-order valence-corrected chi connectivity index (χ2v) is 6.32. The fourth-order valence-corrected chi connectivity index (χ4v) is 2.76. The van der Waals surface area contributed by atoms with Gasteiger partial charge in [0.2, 0.25) is 0 Å². The minimum Gasteiger partial charge on any atom is -0.352 e. The molecule has 1 heterocycles. The maximum absolute atomic E-state index is 11.7. The molecule has 0 aromatic carbocycles. The highest BCUT2D eigenvalue weighted by atomic mass is 35.5. The number of carbonyl (C=O) groups excluding carboxylic acids is 1. The number of halogens is 2. The first-order valence-electron chi connectivity index (χ1n) is 5.23. The SMILES string of the molecule is CC(C)CCCNC(=O)c1cc(Cl)sc1Cl. The van der Waals surface area contributed by atoms with E-state index in [1.54, 1.807) is 6.07 Å². The van der Waals surface area contributed by atoms with Crippen LogP contribution in [-0.2, 0) is 0 Å². The first kappa shape index (κ1) is 13.8. The predicted octanol–water partition coefficient (Wildman–Crippen LogP) is 4.22. The van der Waals surface area contributed by atoms with Crippen LogP contribution in [0.1, 0.15) is 37.0 Å². The molecule has 0 radical (unpaired) electrons. The Bertz CT molecular complexity index is 363. The lowest BCUT2D eigenvalue weighted by Gasteiger charge is -2.06. The average molecular weight is 280 g/mol. The third-order valence-electron chi connectivity index (χ3n) is 2.15. The molecule has 2 nitrogen and oxygen atoms in total. The van der Waals surface area contributed by atoms with E-state index in [2.05, 4.69) is 19.2 Å². The molecule has 0 aliphatic heterocycles. The lowest BCUT2D eigenvalue weighted by Crippen LogP contribution is -2.24. The van der Waals surface area contributed by atoms with Crippen molar-refractivity contribution in [1.82, 2.24) is 5.32 Å². The van der Waals surface area contributed by atoms with Gasteiger partial charge in [-0.25, -0.2) is 0 Å². The molecule has 16 heavy (non-hydrogen) atoms. The van der Waals surface area contributed by atoms with Gasteiger partial charge in [0.05, 0.1) is 9.90 Å². The van der Waals surface area contributed by atoms with Crippen LogP contribution in [-0.4, -0.2) is 12.5 Å². The first-order valence-corrected chi connectivity index (χ1v) is 6.81. The highest BCUT2D eigenvalue weighted by molar-refractivity contribution is 7.20. The first-order chi connectivity index (χ1) is 7.50. The fraction of sp³-hybridized carbons (Fsp3) is 0.545. The van der Waals surface area contributed by atoms with Gasteiger partial charge < -0.3 is 5.32 Å². The normalized spacial score (nSPS) is 10.8. The van der Waals surface area contributed by atoms with Gasteiger partial charge in [0.25, 0.3) is 5.91 Å². The quantitative estimate of drug-likeness (QED) is 0.804. The van der Waals surface area contributed by atoms with E-state index in [1.165, 1.54) is 11.3 Å². The molecule has 0 bridgehead atoms. The molecule has 0 saturated heterocycles. The molecule has 5 heteroatoms. The molecule has 1 rings (SSSR count). The Morgan fingerprint density at radius 2 is 2.19 bits per heavy atom. The van der Waals surface area contributed by atoms with E-state index in [0.29, 0.717) is 26.7 Å². The minimum absolute atomic E-state index is 0.142. The van der Waals surface area contributed by atoms with Crippen LogP contribution in [0.25, 0.3) is 0 Å². The molecule has 0 aliphatic carbocycles. The highest BCUT2D eigenvalue weighted by Crippen LogP contribution is 2.30. The molecule has 0 aliphatic rings. The summed E-state index contributed by atoms with van der Waals surface area (Å²) in [5, 5.41) is 2.83. The van der Waals surface area contributed by atoms with Crippen molar-refractivity contribution in [3.8, 4) is 0 Å². The van der Waals surface area contributed by atoms with Crippen LogP contribution < -0.4 is 5.32 Å². The van der Waals surface area contributed by atoms with Gasteiger partial charge in [-0.3, -0.25) is 4.79 Å². The van der Waals surface area contributed by atoms with Crippen LogP contribution >= 0.6 is 34.5 Å². The molecule has 0 atom stereocenters. The van der Waals surface area contributed by atoms with Gasteiger partial charge in [0.15, 0.2) is 0 Å². The van der Waals surface area contributed by atoms with Gasteiger partial charge in [-0.15, -0.1) is 11.3 Å². The topological polar surface area (TPSA) is 29.1 Å². The van der Waals surface area contributed by atoms with Crippen molar-refractivity contribution >= 4 is 40.4 Å². The summed E-state index contributed by atoms with van der Waals surface area (Å²) in [6, 6.07) is 1.60. The molecule has 0 unspecified atom stereocenters. The number of hydrogen-bond donors (Lipinski definition) is 1. The molecular formula is C11H15Cl2NOS. The van der Waals surface area contributed by atoms with E-state index >= 15 is 0 Å². The summed E-state index contributed by atoms with van der Waals surface area (Å²) < 4.78 is 0.990. The van der Waals surface area contributed by atoms with Crippen LogP contribution in [0.15, 0.2) is 6.07 Å². The van der Waals surface area contributed by atoms with Crippen LogP contribution in [0, 0.1) is 5.92 Å². The van der Waals surface area contributed by atoms with Gasteiger partial charge in [-0.2, -0.15) is 0 Å². The maximum Gasteiger partial charge on any atom is 0.253 e. The summed E-state index contributed by atoms with van der Waals surface area (Å²) in [6.07, 6.45) is 2.09. The Balaban J connectivity index is 2.38. The molecule has 1 aromatic rings. The van der Waals surface area contributed by atoms with E-state index in [4.69, 9.17) is 23.2 Å². The van der Waals surface area contributed by atoms with Crippen molar-refractivity contribution in [2.24, 2.45) is 5.92 Å². The van der Waals surface area contributed by atoms with E-state index in [9.17, 15) is 4.79 Å². The monoisotopic (exact) mass is 279 g/mol. The number of rotatable bonds is 5. The molecule has 1 aromatic heterocycles. The number of amides is 1. The van der Waals surface area contributed by atoms with E-state index in [1.807, 2.05) is 0 Å². The number of hydrogen-bond acceptors (Lipinski definition) is 2. The van der Waals surface area contributed by atoms with Gasteiger partial charge in [-0.1, -0.05) is 37.0 Å². The molecule has 1 N–H and O–H groups in total. The molecule has 0 saturated carbocycles. The average Bonchev–Trinajstić information content (AvgIpc) is 2.52. The second-order valence-electron chi connectivity index (χ2n) is 4.03. The number of thiophene rings is 1. The summed E-state index contributed by atoms with van der Waals surface area (Å²) in [7, 11) is 0. The Labute approximate surface area is 110 Å². The van der Waals surface area contributed by atoms with E-state index in [0.717, 1.165) is 12.8 Å². The minimum atomic E-state index is -0.142. The zero-order valence-corrected chi connectivity index (χ0v) is 11.7. The molecular weight excluding hydrogens is 265 g/mol. The lowest BCUT2D eigenvalue weighted by molar-refractivity contribution is 0.0953. The Morgan fingerprint density at radius 1 is 1.50 bits per heavy atom. The van der Waals surface area contributed by atoms with Crippen molar-refractivity contribution in [1.29, 1.82) is 0 Å². The predicted molar refractivity (Wildman–Crippen MR) is 70.7 cm³/mol. The van der Waals surface area contributed by atoms with Crippen molar-refractivity contribution in [2.45, 2.75) is 26.7 Å². The van der Waals surface area contributed by atoms with Crippen molar-refractivity contribution in [3.05, 3.63) is 20.3 Å². The third-order valence-corrected chi connectivity index (χ3v) is 3.63. The summed E-state index contributed by atoms with van der Waals surface area (Å²) in [6.45, 7) is 5.01. The molecule has 90 valence electrons. The fourth-order valence-electron chi connectivity index (χ4n) is 1.30. The van der Waals surface area contributed by atoms with Crippen LogP contribution in [0.5, 0.6) is 0 Å². The summed E-state index contributed by atoms with van der Waals surface area (Å²) in [5.74, 6) is 0.521. The van der Waals surface area contributed by atoms with Gasteiger partial charge in [0, 0.05) is 6.54 Å². The Kier molecular flexibility index (Phi) is 5.59. The van der Waals surface area contributed by atoms with Crippen molar-refractivity contribution in [3.63, 3.8) is 0 Å². The van der Waals surface area contributed by atoms with Crippen LogP contribution in [0.4, 0.5) is 0 Å². The Hall–Kier alpha value is -0.250.